The van der Waals surface area contributed by atoms with Gasteiger partial charge in [-0.15, -0.1) is 0 Å². The van der Waals surface area contributed by atoms with E-state index in [9.17, 15) is 28.8 Å². The fourth-order valence-corrected chi connectivity index (χ4v) is 11.6. The van der Waals surface area contributed by atoms with Crippen molar-refractivity contribution in [1.29, 1.82) is 0 Å². The summed E-state index contributed by atoms with van der Waals surface area (Å²) in [5, 5.41) is -0.554. The zero-order valence-corrected chi connectivity index (χ0v) is 47.2. The molecule has 20 heteroatoms. The van der Waals surface area contributed by atoms with Gasteiger partial charge in [0.2, 0.25) is 0 Å². The first-order valence-electron chi connectivity index (χ1n) is 26.9. The number of carbonyl (C=O) groups excluding carboxylic acids is 8. The lowest BCUT2D eigenvalue weighted by atomic mass is 9.92. The predicted octanol–water partition coefficient (Wildman–Crippen LogP) is 8.35. The van der Waals surface area contributed by atoms with E-state index in [1.807, 2.05) is 33.9 Å². The van der Waals surface area contributed by atoms with Crippen molar-refractivity contribution in [2.45, 2.75) is 100 Å². The van der Waals surface area contributed by atoms with Gasteiger partial charge in [-0.2, -0.15) is 0 Å². The van der Waals surface area contributed by atoms with Crippen molar-refractivity contribution in [2.75, 3.05) is 20.3 Å². The normalized spacial score (nSPS) is 24.2. The second-order valence-electron chi connectivity index (χ2n) is 21.7. The van der Waals surface area contributed by atoms with Crippen LogP contribution in [-0.2, 0) is 42.3 Å². The molecule has 6 aromatic carbocycles. The van der Waals surface area contributed by atoms with Crippen LogP contribution in [-0.4, -0.2) is 147 Å². The van der Waals surface area contributed by atoms with Gasteiger partial charge in [0.1, 0.15) is 49.7 Å². The summed E-state index contributed by atoms with van der Waals surface area (Å²) in [7, 11) is -1.87. The summed E-state index contributed by atoms with van der Waals surface area (Å²) in [5.74, 6) is -6.82. The topological polar surface area (TPSA) is 226 Å². The first kappa shape index (κ1) is 57.7. The molecule has 19 nitrogen and oxygen atoms in total. The number of imide groups is 2. The third kappa shape index (κ3) is 11.7. The van der Waals surface area contributed by atoms with Crippen LogP contribution in [0.25, 0.3) is 0 Å². The summed E-state index contributed by atoms with van der Waals surface area (Å²) >= 11 is 0. The molecule has 83 heavy (non-hydrogen) atoms. The molecule has 4 amide bonds. The monoisotopic (exact) mass is 1140 g/mol. The third-order valence-electron chi connectivity index (χ3n) is 15.5. The zero-order valence-electron chi connectivity index (χ0n) is 46.2. The minimum absolute atomic E-state index is 0.0137. The highest BCUT2D eigenvalue weighted by Crippen LogP contribution is 2.44. The highest BCUT2D eigenvalue weighted by Gasteiger charge is 2.62. The molecule has 5 unspecified atom stereocenters. The Kier molecular flexibility index (Phi) is 16.8. The number of amides is 4. The van der Waals surface area contributed by atoms with Gasteiger partial charge in [0.05, 0.1) is 44.5 Å². The van der Waals surface area contributed by atoms with Gasteiger partial charge in [-0.3, -0.25) is 29.0 Å². The van der Waals surface area contributed by atoms with Crippen LogP contribution in [0.1, 0.15) is 104 Å². The average Bonchev–Trinajstić information content (AvgIpc) is 2.60. The van der Waals surface area contributed by atoms with Gasteiger partial charge in [-0.05, 0) is 90.9 Å². The number of rotatable bonds is 17. The van der Waals surface area contributed by atoms with Gasteiger partial charge in [0.25, 0.3) is 23.6 Å². The summed E-state index contributed by atoms with van der Waals surface area (Å²) in [6.45, 7) is 8.44. The number of esters is 4. The summed E-state index contributed by atoms with van der Waals surface area (Å²) in [4.78, 5) is 119. The largest absolute Gasteiger partial charge is 0.459 e. The van der Waals surface area contributed by atoms with Gasteiger partial charge < -0.3 is 42.3 Å². The number of hydrogen-bond donors (Lipinski definition) is 0. The SMILES string of the molecule is CO[C@H]1OC(COC(=O)c2ccccc2)[C@H](OC2OC(COC(=O)c3ccccc3)C(O[Si](C)(C)C(C)(C)C)[C@H](OC(=O)c3ccccc3)[C@@H]2N2C(=O)c3ccccc3C2=O)C(OC(=O)c2ccccc2)[C@H]1N1C(=O)c2ccccc2C1=O. The second kappa shape index (κ2) is 24.1. The minimum atomic E-state index is -3.11. The summed E-state index contributed by atoms with van der Waals surface area (Å²) < 4.78 is 59.2. The predicted molar refractivity (Wildman–Crippen MR) is 297 cm³/mol. The van der Waals surface area contributed by atoms with Crippen LogP contribution in [0.5, 0.6) is 0 Å². The van der Waals surface area contributed by atoms with Crippen LogP contribution in [0.2, 0.25) is 18.1 Å². The summed E-state index contributed by atoms with van der Waals surface area (Å²) in [5.41, 5.74) is 0.417. The van der Waals surface area contributed by atoms with Gasteiger partial charge in [-0.1, -0.05) is 118 Å². The molecule has 4 aliphatic rings. The Labute approximate surface area is 479 Å². The van der Waals surface area contributed by atoms with Crippen LogP contribution >= 0.6 is 0 Å². The molecule has 0 bridgehead atoms. The molecule has 4 aliphatic heterocycles. The van der Waals surface area contributed by atoms with Crippen molar-refractivity contribution in [1.82, 2.24) is 9.80 Å². The molecule has 0 radical (unpaired) electrons. The van der Waals surface area contributed by atoms with Gasteiger partial charge in [-0.25, -0.2) is 19.2 Å². The number of nitrogens with zero attached hydrogens (tertiary/aromatic N) is 2. The lowest BCUT2D eigenvalue weighted by Crippen LogP contribution is -2.72. The van der Waals surface area contributed by atoms with Crippen LogP contribution in [0.4, 0.5) is 0 Å². The Bertz CT molecular complexity index is 3340. The number of hydrogen-bond acceptors (Lipinski definition) is 17. The van der Waals surface area contributed by atoms with Gasteiger partial charge in [0.15, 0.2) is 33.1 Å². The fourth-order valence-electron chi connectivity index (χ4n) is 10.3. The zero-order chi connectivity index (χ0) is 58.7. The van der Waals surface area contributed by atoms with Crippen molar-refractivity contribution >= 4 is 55.8 Å². The number of carbonyl (C=O) groups is 8. The van der Waals surface area contributed by atoms with E-state index in [1.54, 1.807) is 109 Å². The molecule has 0 aliphatic carbocycles. The number of ether oxygens (including phenoxy) is 8. The first-order chi connectivity index (χ1) is 39.9. The maximum absolute atomic E-state index is 15.2. The van der Waals surface area contributed by atoms with Crippen LogP contribution < -0.4 is 0 Å². The van der Waals surface area contributed by atoms with Crippen LogP contribution in [0, 0.1) is 0 Å². The van der Waals surface area contributed by atoms with Crippen LogP contribution in [0.3, 0.4) is 0 Å². The summed E-state index contributed by atoms with van der Waals surface area (Å²) in [6, 6.07) is 40.4. The van der Waals surface area contributed by atoms with Gasteiger partial charge in [0, 0.05) is 7.11 Å². The molecular weight excluding hydrogens is 1080 g/mol. The Morgan fingerprint density at radius 2 is 0.759 bits per heavy atom. The quantitative estimate of drug-likeness (QED) is 0.0362. The molecule has 2 saturated heterocycles. The standard InChI is InChI=1S/C63H60N2O17Si/c1-63(2,3)83(5,6)82-50-46(36-76-58(71)38-25-13-8-14-26-38)78-62(48(52(50)80-60(73)40-29-17-10-18-30-40)65-55(68)43-33-21-22-34-44(43)56(65)69)81-49-45(35-75-57(70)37-23-11-7-12-24-37)77-61(74-4)47(51(49)79-59(72)39-27-15-9-16-28-39)64-53(66)41-31-19-20-32-42(41)54(64)67/h7-34,45-52,61-62H,35-36H2,1-6H3/t45?,46?,47-,48+,49+,50?,51?,52-,61+,62?/m1/s1. The second-order valence-corrected chi connectivity index (χ2v) is 26.5. The van der Waals surface area contributed by atoms with E-state index < -0.39 is 135 Å². The maximum atomic E-state index is 15.2. The fraction of sp³-hybridized carbons (Fsp3) is 0.302. The molecule has 10 atom stereocenters. The van der Waals surface area contributed by atoms with E-state index in [2.05, 4.69) is 0 Å². The molecule has 0 saturated carbocycles. The highest BCUT2D eigenvalue weighted by atomic mass is 28.4. The molecule has 428 valence electrons. The molecular formula is C63H60N2O17Si. The molecule has 0 N–H and O–H groups in total. The van der Waals surface area contributed by atoms with Crippen molar-refractivity contribution in [2.24, 2.45) is 0 Å². The van der Waals surface area contributed by atoms with E-state index in [1.165, 1.54) is 67.8 Å². The third-order valence-corrected chi connectivity index (χ3v) is 20.0. The molecule has 6 aromatic rings. The molecule has 4 heterocycles. The van der Waals surface area contributed by atoms with Gasteiger partial charge >= 0.3 is 23.9 Å². The average molecular weight is 1150 g/mol. The smallest absolute Gasteiger partial charge is 0.338 e. The molecule has 0 spiro atoms. The van der Waals surface area contributed by atoms with Crippen molar-refractivity contribution < 1.29 is 80.7 Å². The van der Waals surface area contributed by atoms with Crippen molar-refractivity contribution in [3.8, 4) is 0 Å². The summed E-state index contributed by atoms with van der Waals surface area (Å²) in [6.07, 6.45) is -13.7. The van der Waals surface area contributed by atoms with E-state index in [0.29, 0.717) is 0 Å². The maximum Gasteiger partial charge on any atom is 0.338 e. The number of benzene rings is 6. The Morgan fingerprint density at radius 3 is 1.12 bits per heavy atom. The first-order valence-corrected chi connectivity index (χ1v) is 29.8. The number of methoxy groups -OCH3 is 1. The Hall–Kier alpha value is -8.50. The van der Waals surface area contributed by atoms with E-state index in [-0.39, 0.29) is 44.5 Å². The highest BCUT2D eigenvalue weighted by molar-refractivity contribution is 6.74. The minimum Gasteiger partial charge on any atom is -0.459 e. The Balaban J connectivity index is 1.17. The Morgan fingerprint density at radius 1 is 0.446 bits per heavy atom. The molecule has 0 aromatic heterocycles. The van der Waals surface area contributed by atoms with E-state index in [0.717, 1.165) is 9.80 Å². The lowest BCUT2D eigenvalue weighted by molar-refractivity contribution is -0.336. The number of fused-ring (bicyclic) bond motifs is 2. The van der Waals surface area contributed by atoms with Crippen molar-refractivity contribution in [3.05, 3.63) is 214 Å². The van der Waals surface area contributed by atoms with E-state index >= 15 is 9.59 Å². The van der Waals surface area contributed by atoms with E-state index in [4.69, 9.17) is 42.3 Å². The van der Waals surface area contributed by atoms with Crippen LogP contribution in [0.15, 0.2) is 170 Å². The molecule has 10 rings (SSSR count). The van der Waals surface area contributed by atoms with Crippen molar-refractivity contribution in [3.63, 3.8) is 0 Å². The lowest BCUT2D eigenvalue weighted by Gasteiger charge is -2.53. The molecule has 2 fully saturated rings.